The minimum absolute atomic E-state index is 0.589. The number of hydrogen-bond donors (Lipinski definition) is 0. The van der Waals surface area contributed by atoms with E-state index in [1.165, 1.54) is 159 Å². The molecular formula is C87H73N3. The molecule has 0 fully saturated rings. The average Bonchev–Trinajstić information content (AvgIpc) is 1.30. The zero-order valence-corrected chi connectivity index (χ0v) is 52.5. The zero-order valence-electron chi connectivity index (χ0n) is 52.5. The van der Waals surface area contributed by atoms with Crippen LogP contribution in [0.3, 0.4) is 0 Å². The molecular weight excluding hydrogens is 1090 g/mol. The van der Waals surface area contributed by atoms with Crippen molar-refractivity contribution >= 4 is 87.0 Å². The lowest BCUT2D eigenvalue weighted by atomic mass is 9.86. The van der Waals surface area contributed by atoms with E-state index in [4.69, 9.17) is 0 Å². The van der Waals surface area contributed by atoms with Crippen LogP contribution in [0.5, 0.6) is 0 Å². The molecule has 90 heavy (non-hydrogen) atoms. The van der Waals surface area contributed by atoms with Gasteiger partial charge in [0.1, 0.15) is 0 Å². The highest BCUT2D eigenvalue weighted by Crippen LogP contribution is 2.45. The molecule has 0 spiro atoms. The van der Waals surface area contributed by atoms with Gasteiger partial charge < -0.3 is 13.7 Å². The van der Waals surface area contributed by atoms with Gasteiger partial charge in [0.25, 0.3) is 0 Å². The third-order valence-electron chi connectivity index (χ3n) is 18.9. The van der Waals surface area contributed by atoms with Crippen LogP contribution in [0.15, 0.2) is 261 Å². The van der Waals surface area contributed by atoms with Crippen molar-refractivity contribution < 1.29 is 0 Å². The maximum Gasteiger partial charge on any atom is 0.0541 e. The first-order chi connectivity index (χ1) is 44.0. The van der Waals surface area contributed by atoms with Gasteiger partial charge in [-0.1, -0.05) is 199 Å². The molecule has 0 aliphatic carbocycles. The Morgan fingerprint density at radius 3 is 0.867 bits per heavy atom. The van der Waals surface area contributed by atoms with E-state index in [-0.39, 0.29) is 0 Å². The minimum atomic E-state index is 0.589. The van der Waals surface area contributed by atoms with E-state index < -0.39 is 0 Å². The molecule has 0 atom stereocenters. The Balaban J connectivity index is 0.820. The van der Waals surface area contributed by atoms with E-state index in [0.29, 0.717) is 17.8 Å². The summed E-state index contributed by atoms with van der Waals surface area (Å²) in [5.41, 5.74) is 25.9. The molecule has 0 unspecified atom stereocenters. The standard InChI is InChI=1S/C87H73N3/c1-54(2)45-58-22-40-81-75(49-58)74-48-57(7)21-39-80(74)88(81)67-33-25-61(26-34-67)65-31-43-84-78(52-65)79-53-66(62-27-35-68(36-28-62)89-82-41-23-59(46-55(3)4)50-76(82)77-51-60(47-56(5)6)24-42-83(77)89)32-44-85(79)90(84)69-37-29-64(30-38-69)87-72-19-13-11-17-70(72)86(63-15-9-8-10-16-63)71-18-12-14-20-73(71)87/h8-44,48-56H,45-47H2,1-7H3. The maximum absolute atomic E-state index is 2.47. The lowest BCUT2D eigenvalue weighted by Crippen LogP contribution is -1.96. The maximum atomic E-state index is 2.47. The summed E-state index contributed by atoms with van der Waals surface area (Å²) in [7, 11) is 0. The number of rotatable bonds is 13. The molecule has 3 nitrogen and oxygen atoms in total. The molecule has 13 aromatic carbocycles. The topological polar surface area (TPSA) is 14.8 Å². The molecule has 3 heterocycles. The molecule has 0 aliphatic heterocycles. The van der Waals surface area contributed by atoms with Crippen LogP contribution in [0, 0.1) is 24.7 Å². The van der Waals surface area contributed by atoms with Crippen LogP contribution in [0.4, 0.5) is 0 Å². The number of benzene rings is 13. The molecule has 0 saturated carbocycles. The molecule has 3 heteroatoms. The summed E-state index contributed by atoms with van der Waals surface area (Å²) >= 11 is 0. The second-order valence-corrected chi connectivity index (χ2v) is 26.7. The van der Waals surface area contributed by atoms with E-state index in [1.807, 2.05) is 0 Å². The fourth-order valence-corrected chi connectivity index (χ4v) is 15.1. The van der Waals surface area contributed by atoms with Crippen LogP contribution in [0.1, 0.15) is 63.8 Å². The molecule has 16 aromatic rings. The van der Waals surface area contributed by atoms with Crippen molar-refractivity contribution in [1.82, 2.24) is 13.7 Å². The molecule has 0 saturated heterocycles. The van der Waals surface area contributed by atoms with Gasteiger partial charge in [-0.2, -0.15) is 0 Å². The molecule has 16 rings (SSSR count). The number of fused-ring (bicyclic) bond motifs is 11. The van der Waals surface area contributed by atoms with Crippen molar-refractivity contribution in [2.75, 3.05) is 0 Å². The van der Waals surface area contributed by atoms with E-state index in [9.17, 15) is 0 Å². The fourth-order valence-electron chi connectivity index (χ4n) is 15.1. The normalized spacial score (nSPS) is 12.2. The summed E-state index contributed by atoms with van der Waals surface area (Å²) < 4.78 is 7.39. The smallest absolute Gasteiger partial charge is 0.0541 e. The minimum Gasteiger partial charge on any atom is -0.309 e. The van der Waals surface area contributed by atoms with Crippen molar-refractivity contribution in [2.45, 2.75) is 67.7 Å². The Morgan fingerprint density at radius 2 is 0.511 bits per heavy atom. The molecule has 436 valence electrons. The Hall–Kier alpha value is -10.2. The predicted molar refractivity (Wildman–Crippen MR) is 387 cm³/mol. The Kier molecular flexibility index (Phi) is 13.5. The van der Waals surface area contributed by atoms with Crippen molar-refractivity contribution in [3.05, 3.63) is 283 Å². The highest BCUT2D eigenvalue weighted by atomic mass is 15.0. The van der Waals surface area contributed by atoms with Crippen LogP contribution in [-0.4, -0.2) is 13.7 Å². The van der Waals surface area contributed by atoms with Gasteiger partial charge in [-0.05, 0) is 236 Å². The highest BCUT2D eigenvalue weighted by molar-refractivity contribution is 6.22. The molecule has 0 bridgehead atoms. The van der Waals surface area contributed by atoms with E-state index >= 15 is 0 Å². The van der Waals surface area contributed by atoms with Crippen LogP contribution < -0.4 is 0 Å². The van der Waals surface area contributed by atoms with Gasteiger partial charge in [0, 0.05) is 49.4 Å². The third kappa shape index (κ3) is 9.49. The fraction of sp³-hybridized carbons (Fsp3) is 0.149. The van der Waals surface area contributed by atoms with Crippen molar-refractivity contribution in [3.8, 4) is 61.6 Å². The number of nitrogens with zero attached hydrogens (tertiary/aromatic N) is 3. The molecule has 0 aliphatic rings. The summed E-state index contributed by atoms with van der Waals surface area (Å²) in [5, 5.41) is 12.7. The van der Waals surface area contributed by atoms with Crippen LogP contribution in [0.25, 0.3) is 149 Å². The van der Waals surface area contributed by atoms with Gasteiger partial charge in [0.2, 0.25) is 0 Å². The van der Waals surface area contributed by atoms with Crippen molar-refractivity contribution in [3.63, 3.8) is 0 Å². The monoisotopic (exact) mass is 1160 g/mol. The molecule has 0 radical (unpaired) electrons. The lowest BCUT2D eigenvalue weighted by molar-refractivity contribution is 0.647. The lowest BCUT2D eigenvalue weighted by Gasteiger charge is -2.18. The van der Waals surface area contributed by atoms with Gasteiger partial charge in [-0.25, -0.2) is 0 Å². The first-order valence-electron chi connectivity index (χ1n) is 32.5. The van der Waals surface area contributed by atoms with Gasteiger partial charge >= 0.3 is 0 Å². The first kappa shape index (κ1) is 55.1. The zero-order chi connectivity index (χ0) is 60.9. The SMILES string of the molecule is Cc1ccc2c(c1)c1cc(CC(C)C)ccc1n2-c1ccc(-c2ccc3c(c2)c2cc(-c4ccc(-n5c6ccc(CC(C)C)cc6c6cc(CC(C)C)ccc65)cc4)ccc2n3-c2ccc(-c3c4ccccc4c(-c4ccccc4)c4ccccc34)cc2)cc1. The third-order valence-corrected chi connectivity index (χ3v) is 18.9. The average molecular weight is 1160 g/mol. The summed E-state index contributed by atoms with van der Waals surface area (Å²) in [4.78, 5) is 0. The number of hydrogen-bond acceptors (Lipinski definition) is 0. The van der Waals surface area contributed by atoms with Crippen molar-refractivity contribution in [1.29, 1.82) is 0 Å². The largest absolute Gasteiger partial charge is 0.309 e. The van der Waals surface area contributed by atoms with Crippen LogP contribution >= 0.6 is 0 Å². The Morgan fingerprint density at radius 1 is 0.233 bits per heavy atom. The van der Waals surface area contributed by atoms with Gasteiger partial charge in [0.15, 0.2) is 0 Å². The first-order valence-corrected chi connectivity index (χ1v) is 32.5. The summed E-state index contributed by atoms with van der Waals surface area (Å²) in [5.74, 6) is 1.77. The second-order valence-electron chi connectivity index (χ2n) is 26.7. The number of aryl methyl sites for hydroxylation is 1. The molecule has 0 amide bonds. The quantitative estimate of drug-likeness (QED) is 0.102. The second kappa shape index (κ2) is 22.1. The predicted octanol–water partition coefficient (Wildman–Crippen LogP) is 23.9. The summed E-state index contributed by atoms with van der Waals surface area (Å²) in [6.07, 6.45) is 3.20. The van der Waals surface area contributed by atoms with Gasteiger partial charge in [0.05, 0.1) is 33.1 Å². The van der Waals surface area contributed by atoms with Crippen LogP contribution in [-0.2, 0) is 19.3 Å². The Labute approximate surface area is 527 Å². The Bertz CT molecular complexity index is 5330. The highest BCUT2D eigenvalue weighted by Gasteiger charge is 2.21. The molecule has 3 aromatic heterocycles. The van der Waals surface area contributed by atoms with E-state index in [0.717, 1.165) is 30.6 Å². The summed E-state index contributed by atoms with van der Waals surface area (Å²) in [6.45, 7) is 16.1. The van der Waals surface area contributed by atoms with E-state index in [2.05, 4.69) is 323 Å². The van der Waals surface area contributed by atoms with E-state index in [1.54, 1.807) is 0 Å². The molecule has 0 N–H and O–H groups in total. The van der Waals surface area contributed by atoms with Crippen LogP contribution in [0.2, 0.25) is 0 Å². The number of aromatic nitrogens is 3. The van der Waals surface area contributed by atoms with Gasteiger partial charge in [-0.3, -0.25) is 0 Å². The van der Waals surface area contributed by atoms with Crippen molar-refractivity contribution in [2.24, 2.45) is 17.8 Å². The summed E-state index contributed by atoms with van der Waals surface area (Å²) in [6, 6.07) is 99.1. The van der Waals surface area contributed by atoms with Gasteiger partial charge in [-0.15, -0.1) is 0 Å².